The molecule has 0 saturated heterocycles. The summed E-state index contributed by atoms with van der Waals surface area (Å²) in [5, 5.41) is 0. The lowest BCUT2D eigenvalue weighted by Gasteiger charge is -2.32. The minimum absolute atomic E-state index is 0.0268. The van der Waals surface area contributed by atoms with Crippen molar-refractivity contribution in [3.05, 3.63) is 65.3 Å². The van der Waals surface area contributed by atoms with Crippen LogP contribution in [0.4, 0.5) is 0 Å². The molecule has 0 N–H and O–H groups in total. The first-order valence-electron chi connectivity index (χ1n) is 9.68. The predicted octanol–water partition coefficient (Wildman–Crippen LogP) is 7.13. The van der Waals surface area contributed by atoms with Crippen molar-refractivity contribution in [2.45, 2.75) is 72.6 Å². The van der Waals surface area contributed by atoms with Gasteiger partial charge in [0.2, 0.25) is 0 Å². The lowest BCUT2D eigenvalue weighted by atomic mass is 9.74. The fourth-order valence-corrected chi connectivity index (χ4v) is 3.56. The van der Waals surface area contributed by atoms with E-state index >= 15 is 0 Å². The molecule has 1 nitrogen and oxygen atoms in total. The van der Waals surface area contributed by atoms with Crippen molar-refractivity contribution in [1.82, 2.24) is 0 Å². The lowest BCUT2D eigenvalue weighted by molar-refractivity contribution is 0.341. The van der Waals surface area contributed by atoms with Gasteiger partial charge in [-0.2, -0.15) is 0 Å². The van der Waals surface area contributed by atoms with Gasteiger partial charge in [-0.05, 0) is 28.4 Å². The van der Waals surface area contributed by atoms with Crippen LogP contribution in [-0.4, -0.2) is 6.61 Å². The molecule has 1 heteroatoms. The van der Waals surface area contributed by atoms with Gasteiger partial charge in [0.15, 0.2) is 0 Å². The van der Waals surface area contributed by atoms with Crippen LogP contribution in [0.15, 0.2) is 54.2 Å². The van der Waals surface area contributed by atoms with E-state index in [4.69, 9.17) is 4.74 Å². The summed E-state index contributed by atoms with van der Waals surface area (Å²) in [6.07, 6.45) is 7.66. The Hall–Kier alpha value is -1.76. The summed E-state index contributed by atoms with van der Waals surface area (Å²) >= 11 is 0. The summed E-state index contributed by atoms with van der Waals surface area (Å²) in [5.41, 5.74) is 5.53. The highest BCUT2D eigenvalue weighted by atomic mass is 16.5. The standard InChI is InChI=1S/C25H36O/c1-10-16-26-22-20(24(5,6)7)12-11-13-21(22)25(8,9)19-15-14-18(17-19)23(2,3)4/h10-13,15,17H,1,14,16H2,2-9H3. The first-order valence-corrected chi connectivity index (χ1v) is 9.68. The molecule has 0 aromatic heterocycles. The van der Waals surface area contributed by atoms with Crippen molar-refractivity contribution >= 4 is 0 Å². The minimum atomic E-state index is -0.106. The van der Waals surface area contributed by atoms with E-state index < -0.39 is 0 Å². The highest BCUT2D eigenvalue weighted by Gasteiger charge is 2.34. The van der Waals surface area contributed by atoms with Crippen LogP contribution in [0.25, 0.3) is 0 Å². The smallest absolute Gasteiger partial charge is 0.127 e. The molecule has 142 valence electrons. The first kappa shape index (κ1) is 20.6. The molecule has 0 aliphatic heterocycles. The molecule has 0 fully saturated rings. The zero-order valence-electron chi connectivity index (χ0n) is 18.0. The van der Waals surface area contributed by atoms with Gasteiger partial charge in [-0.1, -0.05) is 104 Å². The zero-order valence-corrected chi connectivity index (χ0v) is 18.0. The maximum absolute atomic E-state index is 6.22. The Morgan fingerprint density at radius 3 is 2.08 bits per heavy atom. The fourth-order valence-electron chi connectivity index (χ4n) is 3.56. The van der Waals surface area contributed by atoms with Gasteiger partial charge >= 0.3 is 0 Å². The summed E-state index contributed by atoms with van der Waals surface area (Å²) in [6.45, 7) is 22.6. The number of benzene rings is 1. The predicted molar refractivity (Wildman–Crippen MR) is 114 cm³/mol. The molecule has 0 unspecified atom stereocenters. The van der Waals surface area contributed by atoms with Crippen LogP contribution in [-0.2, 0) is 10.8 Å². The Morgan fingerprint density at radius 2 is 1.58 bits per heavy atom. The summed E-state index contributed by atoms with van der Waals surface area (Å²) in [6, 6.07) is 6.58. The van der Waals surface area contributed by atoms with Crippen LogP contribution < -0.4 is 4.74 Å². The van der Waals surface area contributed by atoms with E-state index in [2.05, 4.69) is 92.3 Å². The Bertz CT molecular complexity index is 730. The van der Waals surface area contributed by atoms with Crippen molar-refractivity contribution in [2.75, 3.05) is 6.61 Å². The normalized spacial score (nSPS) is 15.5. The third kappa shape index (κ3) is 4.14. The van der Waals surface area contributed by atoms with Gasteiger partial charge in [0.1, 0.15) is 12.4 Å². The Morgan fingerprint density at radius 1 is 0.962 bits per heavy atom. The molecule has 0 heterocycles. The third-order valence-electron chi connectivity index (χ3n) is 5.40. The Labute approximate surface area is 160 Å². The number of hydrogen-bond donors (Lipinski definition) is 0. The van der Waals surface area contributed by atoms with Crippen LogP contribution in [0.1, 0.15) is 72.9 Å². The van der Waals surface area contributed by atoms with Crippen molar-refractivity contribution in [1.29, 1.82) is 0 Å². The Kier molecular flexibility index (Phi) is 5.61. The molecule has 0 radical (unpaired) electrons. The molecule has 0 amide bonds. The number of ether oxygens (including phenoxy) is 1. The number of para-hydroxylation sites is 1. The maximum atomic E-state index is 6.22. The van der Waals surface area contributed by atoms with Gasteiger partial charge in [-0.3, -0.25) is 0 Å². The van der Waals surface area contributed by atoms with Crippen LogP contribution >= 0.6 is 0 Å². The molecule has 0 saturated carbocycles. The molecule has 26 heavy (non-hydrogen) atoms. The second kappa shape index (κ2) is 7.10. The monoisotopic (exact) mass is 352 g/mol. The molecular weight excluding hydrogens is 316 g/mol. The molecular formula is C25H36O. The van der Waals surface area contributed by atoms with E-state index in [0.717, 1.165) is 12.2 Å². The van der Waals surface area contributed by atoms with E-state index in [-0.39, 0.29) is 16.2 Å². The molecule has 0 spiro atoms. The second-order valence-corrected chi connectivity index (χ2v) is 9.94. The average Bonchev–Trinajstić information content (AvgIpc) is 3.02. The second-order valence-electron chi connectivity index (χ2n) is 9.94. The number of rotatable bonds is 5. The van der Waals surface area contributed by atoms with Crippen LogP contribution in [0.5, 0.6) is 5.75 Å². The molecule has 1 aromatic rings. The summed E-state index contributed by atoms with van der Waals surface area (Å²) in [4.78, 5) is 0. The van der Waals surface area contributed by atoms with E-state index in [9.17, 15) is 0 Å². The van der Waals surface area contributed by atoms with Crippen LogP contribution in [0, 0.1) is 5.41 Å². The van der Waals surface area contributed by atoms with Gasteiger partial charge in [0, 0.05) is 11.0 Å². The minimum Gasteiger partial charge on any atom is -0.489 e. The van der Waals surface area contributed by atoms with Gasteiger partial charge in [0.05, 0.1) is 0 Å². The summed E-state index contributed by atoms with van der Waals surface area (Å²) in [5.74, 6) is 1.02. The highest BCUT2D eigenvalue weighted by molar-refractivity contribution is 5.55. The topological polar surface area (TPSA) is 9.23 Å². The van der Waals surface area contributed by atoms with Crippen molar-refractivity contribution in [2.24, 2.45) is 5.41 Å². The lowest BCUT2D eigenvalue weighted by Crippen LogP contribution is -2.23. The SMILES string of the molecule is C=CCOc1c(C(C)(C)C)cccc1C(C)(C)C1=CCC(C(C)(C)C)=C1. The Balaban J connectivity index is 2.56. The first-order chi connectivity index (χ1) is 11.9. The zero-order chi connectivity index (χ0) is 19.8. The van der Waals surface area contributed by atoms with Crippen LogP contribution in [0.3, 0.4) is 0 Å². The molecule has 0 bridgehead atoms. The highest BCUT2D eigenvalue weighted by Crippen LogP contribution is 2.46. The molecule has 1 aliphatic rings. The van der Waals surface area contributed by atoms with Gasteiger partial charge in [0.25, 0.3) is 0 Å². The quantitative estimate of drug-likeness (QED) is 0.512. The largest absolute Gasteiger partial charge is 0.489 e. The molecule has 0 atom stereocenters. The summed E-state index contributed by atoms with van der Waals surface area (Å²) in [7, 11) is 0. The van der Waals surface area contributed by atoms with Gasteiger partial charge in [-0.15, -0.1) is 0 Å². The van der Waals surface area contributed by atoms with Crippen LogP contribution in [0.2, 0.25) is 0 Å². The van der Waals surface area contributed by atoms with E-state index in [1.54, 1.807) is 0 Å². The van der Waals surface area contributed by atoms with E-state index in [1.165, 1.54) is 22.3 Å². The maximum Gasteiger partial charge on any atom is 0.127 e. The van der Waals surface area contributed by atoms with E-state index in [1.807, 2.05) is 6.08 Å². The average molecular weight is 353 g/mol. The van der Waals surface area contributed by atoms with Gasteiger partial charge < -0.3 is 4.74 Å². The van der Waals surface area contributed by atoms with Crippen molar-refractivity contribution in [3.63, 3.8) is 0 Å². The number of allylic oxidation sites excluding steroid dienone is 4. The molecule has 1 aliphatic carbocycles. The fraction of sp³-hybridized carbons (Fsp3) is 0.520. The number of hydrogen-bond acceptors (Lipinski definition) is 1. The van der Waals surface area contributed by atoms with E-state index in [0.29, 0.717) is 6.61 Å². The van der Waals surface area contributed by atoms with Crippen molar-refractivity contribution in [3.8, 4) is 5.75 Å². The molecule has 1 aromatic carbocycles. The third-order valence-corrected chi connectivity index (χ3v) is 5.40. The van der Waals surface area contributed by atoms with Gasteiger partial charge in [-0.25, -0.2) is 0 Å². The summed E-state index contributed by atoms with van der Waals surface area (Å²) < 4.78 is 6.22. The molecule has 2 rings (SSSR count). The van der Waals surface area contributed by atoms with Crippen molar-refractivity contribution < 1.29 is 4.74 Å².